The molecule has 90 valence electrons. The quantitative estimate of drug-likeness (QED) is 0.797. The zero-order valence-corrected chi connectivity index (χ0v) is 11.8. The molecule has 0 atom stereocenters. The molecule has 0 bridgehead atoms. The van der Waals surface area contributed by atoms with E-state index in [1.54, 1.807) is 4.68 Å². The molecular formula is C11H12BrN3OS. The first kappa shape index (κ1) is 12.4. The van der Waals surface area contributed by atoms with Gasteiger partial charge in [0, 0.05) is 17.5 Å². The van der Waals surface area contributed by atoms with Crippen LogP contribution in [0.1, 0.15) is 29.5 Å². The molecule has 17 heavy (non-hydrogen) atoms. The van der Waals surface area contributed by atoms with Crippen LogP contribution in [0.2, 0.25) is 0 Å². The standard InChI is InChI=1S/C11H12BrN3OS/c1-2-3-15-11(13-7-14-15)5-9(16)8-4-10(12)17-6-8/h4,6-7H,2-3,5H2,1H3. The van der Waals surface area contributed by atoms with Crippen LogP contribution in [0.15, 0.2) is 21.6 Å². The first-order valence-electron chi connectivity index (χ1n) is 5.34. The molecule has 4 nitrogen and oxygen atoms in total. The van der Waals surface area contributed by atoms with Gasteiger partial charge < -0.3 is 0 Å². The van der Waals surface area contributed by atoms with Gasteiger partial charge in [0.05, 0.1) is 10.2 Å². The molecule has 0 unspecified atom stereocenters. The molecule has 0 aromatic carbocycles. The van der Waals surface area contributed by atoms with Crippen LogP contribution in [0, 0.1) is 0 Å². The second kappa shape index (κ2) is 5.55. The predicted molar refractivity (Wildman–Crippen MR) is 70.4 cm³/mol. The third kappa shape index (κ3) is 3.01. The molecular weight excluding hydrogens is 302 g/mol. The molecule has 0 spiro atoms. The van der Waals surface area contributed by atoms with Gasteiger partial charge in [-0.15, -0.1) is 11.3 Å². The lowest BCUT2D eigenvalue weighted by Crippen LogP contribution is -2.11. The number of nitrogens with zero attached hydrogens (tertiary/aromatic N) is 3. The number of thiophene rings is 1. The number of hydrogen-bond donors (Lipinski definition) is 0. The second-order valence-corrected chi connectivity index (χ2v) is 5.93. The third-order valence-corrected chi connectivity index (χ3v) is 3.84. The molecule has 2 aromatic rings. The minimum atomic E-state index is 0.0808. The van der Waals surface area contributed by atoms with Crippen LogP contribution in [-0.2, 0) is 13.0 Å². The van der Waals surface area contributed by atoms with Gasteiger partial charge in [0.1, 0.15) is 12.2 Å². The molecule has 0 aliphatic rings. The summed E-state index contributed by atoms with van der Waals surface area (Å²) >= 11 is 4.86. The highest BCUT2D eigenvalue weighted by Gasteiger charge is 2.13. The highest BCUT2D eigenvalue weighted by molar-refractivity contribution is 9.11. The number of Topliss-reactive ketones (excluding diaryl/α,β-unsaturated/α-hetero) is 1. The lowest BCUT2D eigenvalue weighted by atomic mass is 10.1. The summed E-state index contributed by atoms with van der Waals surface area (Å²) in [5, 5.41) is 5.96. The van der Waals surface area contributed by atoms with E-state index in [1.807, 2.05) is 11.4 Å². The van der Waals surface area contributed by atoms with Crippen molar-refractivity contribution in [1.29, 1.82) is 0 Å². The Bertz CT molecular complexity index is 520. The Morgan fingerprint density at radius 3 is 3.06 bits per heavy atom. The number of rotatable bonds is 5. The van der Waals surface area contributed by atoms with Crippen LogP contribution in [-0.4, -0.2) is 20.5 Å². The van der Waals surface area contributed by atoms with Crippen molar-refractivity contribution < 1.29 is 4.79 Å². The highest BCUT2D eigenvalue weighted by Crippen LogP contribution is 2.21. The lowest BCUT2D eigenvalue weighted by molar-refractivity contribution is 0.0989. The first-order valence-corrected chi connectivity index (χ1v) is 7.02. The van der Waals surface area contributed by atoms with E-state index in [0.29, 0.717) is 6.42 Å². The van der Waals surface area contributed by atoms with E-state index in [9.17, 15) is 4.79 Å². The fourth-order valence-electron chi connectivity index (χ4n) is 1.53. The second-order valence-electron chi connectivity index (χ2n) is 3.64. The fraction of sp³-hybridized carbons (Fsp3) is 0.364. The Morgan fingerprint density at radius 2 is 2.41 bits per heavy atom. The monoisotopic (exact) mass is 313 g/mol. The summed E-state index contributed by atoms with van der Waals surface area (Å²) in [7, 11) is 0. The van der Waals surface area contributed by atoms with Crippen molar-refractivity contribution in [3.05, 3.63) is 32.9 Å². The summed E-state index contributed by atoms with van der Waals surface area (Å²) in [6.07, 6.45) is 2.79. The van der Waals surface area contributed by atoms with E-state index in [1.165, 1.54) is 17.7 Å². The van der Waals surface area contributed by atoms with Gasteiger partial charge in [-0.05, 0) is 28.4 Å². The first-order chi connectivity index (χ1) is 8.20. The van der Waals surface area contributed by atoms with Gasteiger partial charge in [0.25, 0.3) is 0 Å². The molecule has 0 saturated carbocycles. The number of carbonyl (C=O) groups is 1. The van der Waals surface area contributed by atoms with Crippen molar-refractivity contribution >= 4 is 33.0 Å². The Kier molecular flexibility index (Phi) is 4.06. The average Bonchev–Trinajstić information content (AvgIpc) is 2.89. The molecule has 0 fully saturated rings. The van der Waals surface area contributed by atoms with E-state index in [4.69, 9.17) is 0 Å². The normalized spacial score (nSPS) is 10.7. The molecule has 6 heteroatoms. The molecule has 0 radical (unpaired) electrons. The predicted octanol–water partition coefficient (Wildman–Crippen LogP) is 2.94. The minimum absolute atomic E-state index is 0.0808. The Hall–Kier alpha value is -1.01. The number of ketones is 1. The number of halogens is 1. The van der Waals surface area contributed by atoms with Crippen molar-refractivity contribution in [3.63, 3.8) is 0 Å². The summed E-state index contributed by atoms with van der Waals surface area (Å²) in [5.74, 6) is 0.816. The van der Waals surface area contributed by atoms with Crippen LogP contribution in [0.3, 0.4) is 0 Å². The third-order valence-electron chi connectivity index (χ3n) is 2.34. The Morgan fingerprint density at radius 1 is 1.59 bits per heavy atom. The molecule has 0 aliphatic carbocycles. The highest BCUT2D eigenvalue weighted by atomic mass is 79.9. The maximum absolute atomic E-state index is 12.0. The van der Waals surface area contributed by atoms with E-state index in [-0.39, 0.29) is 5.78 Å². The van der Waals surface area contributed by atoms with Crippen molar-refractivity contribution in [2.75, 3.05) is 0 Å². The summed E-state index contributed by atoms with van der Waals surface area (Å²) in [5.41, 5.74) is 0.730. The number of carbonyl (C=O) groups excluding carboxylic acids is 1. The molecule has 2 heterocycles. The van der Waals surface area contributed by atoms with Crippen LogP contribution < -0.4 is 0 Å². The average molecular weight is 314 g/mol. The SMILES string of the molecule is CCCn1ncnc1CC(=O)c1csc(Br)c1. The summed E-state index contributed by atoms with van der Waals surface area (Å²) in [6, 6.07) is 1.84. The number of hydrogen-bond acceptors (Lipinski definition) is 4. The van der Waals surface area contributed by atoms with Crippen LogP contribution in [0.5, 0.6) is 0 Å². The summed E-state index contributed by atoms with van der Waals surface area (Å²) < 4.78 is 2.76. The van der Waals surface area contributed by atoms with Crippen molar-refractivity contribution in [2.45, 2.75) is 26.3 Å². The lowest BCUT2D eigenvalue weighted by Gasteiger charge is -2.02. The van der Waals surface area contributed by atoms with Crippen LogP contribution in [0.25, 0.3) is 0 Å². The van der Waals surface area contributed by atoms with Crippen LogP contribution >= 0.6 is 27.3 Å². The Balaban J connectivity index is 2.10. The number of aryl methyl sites for hydroxylation is 1. The van der Waals surface area contributed by atoms with Crippen molar-refractivity contribution in [1.82, 2.24) is 14.8 Å². The van der Waals surface area contributed by atoms with E-state index < -0.39 is 0 Å². The minimum Gasteiger partial charge on any atom is -0.294 e. The van der Waals surface area contributed by atoms with Gasteiger partial charge in [-0.3, -0.25) is 4.79 Å². The van der Waals surface area contributed by atoms with E-state index in [0.717, 1.165) is 28.1 Å². The fourth-order valence-corrected chi connectivity index (χ4v) is 2.69. The zero-order chi connectivity index (χ0) is 12.3. The van der Waals surface area contributed by atoms with Gasteiger partial charge in [0.15, 0.2) is 5.78 Å². The molecule has 0 saturated heterocycles. The van der Waals surface area contributed by atoms with Crippen molar-refractivity contribution in [2.24, 2.45) is 0 Å². The van der Waals surface area contributed by atoms with Gasteiger partial charge in [-0.2, -0.15) is 5.10 Å². The van der Waals surface area contributed by atoms with Gasteiger partial charge in [-0.1, -0.05) is 6.92 Å². The maximum atomic E-state index is 12.0. The summed E-state index contributed by atoms with van der Waals surface area (Å²) in [4.78, 5) is 16.1. The maximum Gasteiger partial charge on any atom is 0.171 e. The van der Waals surface area contributed by atoms with E-state index >= 15 is 0 Å². The van der Waals surface area contributed by atoms with Crippen molar-refractivity contribution in [3.8, 4) is 0 Å². The van der Waals surface area contributed by atoms with Crippen LogP contribution in [0.4, 0.5) is 0 Å². The van der Waals surface area contributed by atoms with Gasteiger partial charge in [-0.25, -0.2) is 9.67 Å². The number of aromatic nitrogens is 3. The smallest absolute Gasteiger partial charge is 0.171 e. The molecule has 2 aromatic heterocycles. The molecule has 0 aliphatic heterocycles. The van der Waals surface area contributed by atoms with E-state index in [2.05, 4.69) is 32.9 Å². The zero-order valence-electron chi connectivity index (χ0n) is 9.39. The molecule has 0 N–H and O–H groups in total. The topological polar surface area (TPSA) is 47.8 Å². The molecule has 0 amide bonds. The Labute approximate surface area is 112 Å². The van der Waals surface area contributed by atoms with Gasteiger partial charge in [0.2, 0.25) is 0 Å². The van der Waals surface area contributed by atoms with Gasteiger partial charge >= 0.3 is 0 Å². The summed E-state index contributed by atoms with van der Waals surface area (Å²) in [6.45, 7) is 2.87. The molecule has 2 rings (SSSR count). The largest absolute Gasteiger partial charge is 0.294 e.